The molecule has 0 bridgehead atoms. The highest BCUT2D eigenvalue weighted by molar-refractivity contribution is 7.89. The van der Waals surface area contributed by atoms with E-state index in [9.17, 15) is 13.2 Å². The molecule has 2 aromatic carbocycles. The summed E-state index contributed by atoms with van der Waals surface area (Å²) in [5, 5.41) is 2.82. The summed E-state index contributed by atoms with van der Waals surface area (Å²) in [6.45, 7) is 1.93. The first-order chi connectivity index (χ1) is 13.4. The van der Waals surface area contributed by atoms with E-state index in [-0.39, 0.29) is 22.4 Å². The molecule has 0 atom stereocenters. The molecule has 0 saturated heterocycles. The van der Waals surface area contributed by atoms with Crippen molar-refractivity contribution in [3.05, 3.63) is 47.5 Å². The molecule has 28 heavy (non-hydrogen) atoms. The van der Waals surface area contributed by atoms with Crippen molar-refractivity contribution < 1.29 is 17.9 Å². The molecule has 2 aromatic rings. The number of carbonyl (C=O) groups excluding carboxylic acids is 1. The smallest absolute Gasteiger partial charge is 0.259 e. The summed E-state index contributed by atoms with van der Waals surface area (Å²) in [7, 11) is -2.05. The summed E-state index contributed by atoms with van der Waals surface area (Å²) in [6.07, 6.45) is 4.99. The number of rotatable bonds is 3. The SMILES string of the molecule is Cc1ccc2c(c1)NC(=O)c1cc(S(=O)(=O)N(C)C3CCCCC3)ccc1O2. The van der Waals surface area contributed by atoms with Crippen molar-refractivity contribution >= 4 is 21.6 Å². The van der Waals surface area contributed by atoms with Gasteiger partial charge in [0.1, 0.15) is 5.75 Å². The van der Waals surface area contributed by atoms with Crippen LogP contribution in [-0.4, -0.2) is 31.7 Å². The molecule has 1 aliphatic carbocycles. The van der Waals surface area contributed by atoms with Gasteiger partial charge in [-0.1, -0.05) is 25.3 Å². The van der Waals surface area contributed by atoms with Crippen molar-refractivity contribution in [2.24, 2.45) is 0 Å². The molecular weight excluding hydrogens is 376 g/mol. The zero-order chi connectivity index (χ0) is 19.9. The number of hydrogen-bond acceptors (Lipinski definition) is 4. The second-order valence-corrected chi connectivity index (χ2v) is 9.52. The van der Waals surface area contributed by atoms with Crippen molar-refractivity contribution in [2.75, 3.05) is 12.4 Å². The predicted molar refractivity (Wildman–Crippen MR) is 107 cm³/mol. The zero-order valence-corrected chi connectivity index (χ0v) is 16.9. The van der Waals surface area contributed by atoms with Crippen LogP contribution in [0, 0.1) is 6.92 Å². The van der Waals surface area contributed by atoms with Gasteiger partial charge in [0.15, 0.2) is 5.75 Å². The lowest BCUT2D eigenvalue weighted by Gasteiger charge is -2.30. The molecule has 0 spiro atoms. The van der Waals surface area contributed by atoms with Crippen molar-refractivity contribution in [1.82, 2.24) is 4.31 Å². The lowest BCUT2D eigenvalue weighted by molar-refractivity contribution is 0.102. The molecule has 7 heteroatoms. The third-order valence-corrected chi connectivity index (χ3v) is 7.47. The van der Waals surface area contributed by atoms with Gasteiger partial charge in [0.2, 0.25) is 10.0 Å². The van der Waals surface area contributed by atoms with Crippen LogP contribution in [0.4, 0.5) is 5.69 Å². The van der Waals surface area contributed by atoms with Gasteiger partial charge in [0, 0.05) is 13.1 Å². The van der Waals surface area contributed by atoms with Gasteiger partial charge >= 0.3 is 0 Å². The summed E-state index contributed by atoms with van der Waals surface area (Å²) in [6, 6.07) is 10.0. The Bertz CT molecular complexity index is 1030. The van der Waals surface area contributed by atoms with E-state index in [4.69, 9.17) is 4.74 Å². The van der Waals surface area contributed by atoms with E-state index in [1.165, 1.54) is 16.4 Å². The van der Waals surface area contributed by atoms with Crippen molar-refractivity contribution in [2.45, 2.75) is 50.0 Å². The van der Waals surface area contributed by atoms with Gasteiger partial charge in [0.05, 0.1) is 16.1 Å². The summed E-state index contributed by atoms with van der Waals surface area (Å²) < 4.78 is 33.6. The molecule has 1 aliphatic heterocycles. The Kier molecular flexibility index (Phi) is 4.89. The third kappa shape index (κ3) is 3.40. The molecule has 1 heterocycles. The van der Waals surface area contributed by atoms with E-state index in [1.54, 1.807) is 19.2 Å². The number of sulfonamides is 1. The van der Waals surface area contributed by atoms with Gasteiger partial charge in [-0.05, 0) is 55.7 Å². The molecule has 0 unspecified atom stereocenters. The Morgan fingerprint density at radius 3 is 2.50 bits per heavy atom. The molecule has 1 N–H and O–H groups in total. The number of amides is 1. The first-order valence-corrected chi connectivity index (χ1v) is 11.0. The number of anilines is 1. The first-order valence-electron chi connectivity index (χ1n) is 9.58. The highest BCUT2D eigenvalue weighted by atomic mass is 32.2. The molecular formula is C21H24N2O4S. The van der Waals surface area contributed by atoms with Crippen LogP contribution in [0.2, 0.25) is 0 Å². The summed E-state index contributed by atoms with van der Waals surface area (Å²) in [5.74, 6) is 0.503. The lowest BCUT2D eigenvalue weighted by atomic mass is 9.96. The van der Waals surface area contributed by atoms with E-state index < -0.39 is 10.0 Å². The Balaban J connectivity index is 1.68. The number of nitrogens with zero attached hydrogens (tertiary/aromatic N) is 1. The summed E-state index contributed by atoms with van der Waals surface area (Å²) in [5.41, 5.74) is 1.78. The maximum atomic E-state index is 13.1. The quantitative estimate of drug-likeness (QED) is 0.833. The second-order valence-electron chi connectivity index (χ2n) is 7.53. The normalized spacial score (nSPS) is 17.3. The molecule has 1 saturated carbocycles. The summed E-state index contributed by atoms with van der Waals surface area (Å²) >= 11 is 0. The Hall–Kier alpha value is -2.38. The largest absolute Gasteiger partial charge is 0.454 e. The van der Waals surface area contributed by atoms with Gasteiger partial charge in [-0.3, -0.25) is 4.79 Å². The highest BCUT2D eigenvalue weighted by Crippen LogP contribution is 2.37. The zero-order valence-electron chi connectivity index (χ0n) is 16.1. The topological polar surface area (TPSA) is 75.7 Å². The Labute approximate surface area is 165 Å². The standard InChI is InChI=1S/C21H24N2O4S/c1-14-8-10-20-18(12-14)22-21(24)17-13-16(9-11-19(17)27-20)28(25,26)23(2)15-6-4-3-5-7-15/h8-13,15H,3-7H2,1-2H3,(H,22,24). The fraction of sp³-hybridized carbons (Fsp3) is 0.381. The van der Waals surface area contributed by atoms with Crippen LogP contribution in [0.3, 0.4) is 0 Å². The number of hydrogen-bond donors (Lipinski definition) is 1. The van der Waals surface area contributed by atoms with Crippen LogP contribution in [0.25, 0.3) is 0 Å². The van der Waals surface area contributed by atoms with Crippen LogP contribution in [0.5, 0.6) is 11.5 Å². The maximum Gasteiger partial charge on any atom is 0.259 e. The third-order valence-electron chi connectivity index (χ3n) is 5.56. The van der Waals surface area contributed by atoms with E-state index in [2.05, 4.69) is 5.32 Å². The molecule has 148 valence electrons. The van der Waals surface area contributed by atoms with Crippen LogP contribution in [0.15, 0.2) is 41.3 Å². The van der Waals surface area contributed by atoms with E-state index in [0.29, 0.717) is 17.2 Å². The maximum absolute atomic E-state index is 13.1. The highest BCUT2D eigenvalue weighted by Gasteiger charge is 2.31. The lowest BCUT2D eigenvalue weighted by Crippen LogP contribution is -2.38. The molecule has 1 fully saturated rings. The van der Waals surface area contributed by atoms with Crippen LogP contribution < -0.4 is 10.1 Å². The number of fused-ring (bicyclic) bond motifs is 2. The van der Waals surface area contributed by atoms with Crippen LogP contribution in [-0.2, 0) is 10.0 Å². The van der Waals surface area contributed by atoms with Crippen LogP contribution >= 0.6 is 0 Å². The number of ether oxygens (including phenoxy) is 1. The molecule has 4 rings (SSSR count). The van der Waals surface area contributed by atoms with Gasteiger partial charge in [-0.15, -0.1) is 0 Å². The Morgan fingerprint density at radius 1 is 1.04 bits per heavy atom. The average molecular weight is 401 g/mol. The van der Waals surface area contributed by atoms with Crippen molar-refractivity contribution in [1.29, 1.82) is 0 Å². The molecule has 6 nitrogen and oxygen atoms in total. The van der Waals surface area contributed by atoms with Gasteiger partial charge in [0.25, 0.3) is 5.91 Å². The fourth-order valence-corrected chi connectivity index (χ4v) is 5.32. The monoisotopic (exact) mass is 400 g/mol. The van der Waals surface area contributed by atoms with Gasteiger partial charge in [-0.2, -0.15) is 4.31 Å². The van der Waals surface area contributed by atoms with Crippen molar-refractivity contribution in [3.8, 4) is 11.5 Å². The minimum absolute atomic E-state index is 0.00914. The predicted octanol–water partition coefficient (Wildman–Crippen LogP) is 4.31. The second kappa shape index (κ2) is 7.22. The molecule has 2 aliphatic rings. The van der Waals surface area contributed by atoms with Crippen LogP contribution in [0.1, 0.15) is 48.0 Å². The minimum atomic E-state index is -3.68. The minimum Gasteiger partial charge on any atom is -0.454 e. The molecule has 1 amide bonds. The Morgan fingerprint density at radius 2 is 1.75 bits per heavy atom. The number of nitrogens with one attached hydrogen (secondary N) is 1. The fourth-order valence-electron chi connectivity index (χ4n) is 3.88. The van der Waals surface area contributed by atoms with Gasteiger partial charge in [-0.25, -0.2) is 8.42 Å². The van der Waals surface area contributed by atoms with Crippen molar-refractivity contribution in [3.63, 3.8) is 0 Å². The van der Waals surface area contributed by atoms with E-state index in [0.717, 1.165) is 37.7 Å². The average Bonchev–Trinajstić information content (AvgIpc) is 2.83. The number of benzene rings is 2. The number of carbonyl (C=O) groups is 1. The molecule has 0 aromatic heterocycles. The molecule has 0 radical (unpaired) electrons. The van der Waals surface area contributed by atoms with Gasteiger partial charge < -0.3 is 10.1 Å². The number of aryl methyl sites for hydroxylation is 1. The van der Waals surface area contributed by atoms with E-state index in [1.807, 2.05) is 19.1 Å². The first kappa shape index (κ1) is 19.0. The van der Waals surface area contributed by atoms with E-state index >= 15 is 0 Å². The summed E-state index contributed by atoms with van der Waals surface area (Å²) in [4.78, 5) is 12.8.